The van der Waals surface area contributed by atoms with Crippen molar-refractivity contribution in [1.82, 2.24) is 5.32 Å². The van der Waals surface area contributed by atoms with Crippen LogP contribution in [0.4, 0.5) is 0 Å². The van der Waals surface area contributed by atoms with E-state index in [1.165, 1.54) is 7.11 Å². The van der Waals surface area contributed by atoms with E-state index in [9.17, 15) is 14.4 Å². The number of aliphatic carboxylic acids is 1. The maximum atomic E-state index is 10.9. The first-order valence-electron chi connectivity index (χ1n) is 3.99. The summed E-state index contributed by atoms with van der Waals surface area (Å²) in [5.74, 6) is -2.50. The lowest BCUT2D eigenvalue weighted by atomic mass is 10.3. The predicted molar refractivity (Wildman–Crippen MR) is 57.0 cm³/mol. The number of nitrogens with one attached hydrogen (secondary N) is 1. The molecule has 0 unspecified atom stereocenters. The van der Waals surface area contributed by atoms with Gasteiger partial charge in [0.2, 0.25) is 5.91 Å². The molecule has 0 heterocycles. The molecule has 1 atom stereocenters. The fourth-order valence-corrected chi connectivity index (χ4v) is 0.569. The number of hydrogen-bond donors (Lipinski definition) is 3. The van der Waals surface area contributed by atoms with Gasteiger partial charge in [-0.25, -0.2) is 4.79 Å². The number of nitrogens with two attached hydrogens (primary N) is 1. The maximum Gasteiger partial charge on any atom is 0.330 e. The molecule has 0 aliphatic rings. The third-order valence-corrected chi connectivity index (χ3v) is 1.39. The van der Waals surface area contributed by atoms with Crippen molar-refractivity contribution in [2.75, 3.05) is 13.7 Å². The minimum atomic E-state index is -1.22. The highest BCUT2D eigenvalue weighted by atomic mass is 35.5. The van der Waals surface area contributed by atoms with Crippen molar-refractivity contribution in [2.45, 2.75) is 6.04 Å². The molecule has 0 aromatic carbocycles. The Morgan fingerprint density at radius 2 is 2.00 bits per heavy atom. The first-order valence-corrected chi connectivity index (χ1v) is 3.99. The molecule has 0 fully saturated rings. The molecule has 4 N–H and O–H groups in total. The number of hydrogen-bond acceptors (Lipinski definition) is 5. The predicted octanol–water partition coefficient (Wildman–Crippen LogP) is -1.33. The van der Waals surface area contributed by atoms with Crippen molar-refractivity contribution in [2.24, 2.45) is 5.73 Å². The topological polar surface area (TPSA) is 119 Å². The van der Waals surface area contributed by atoms with Crippen LogP contribution in [0.3, 0.4) is 0 Å². The Balaban J connectivity index is 0. The van der Waals surface area contributed by atoms with Crippen molar-refractivity contribution < 1.29 is 24.2 Å². The molecule has 0 aliphatic heterocycles. The second kappa shape index (κ2) is 8.69. The zero-order valence-corrected chi connectivity index (χ0v) is 9.32. The summed E-state index contributed by atoms with van der Waals surface area (Å²) in [6.07, 6.45) is 1.85. The average molecular weight is 253 g/mol. The van der Waals surface area contributed by atoms with Gasteiger partial charge in [-0.05, 0) is 0 Å². The van der Waals surface area contributed by atoms with Crippen LogP contribution in [-0.2, 0) is 19.1 Å². The monoisotopic (exact) mass is 252 g/mol. The highest BCUT2D eigenvalue weighted by Crippen LogP contribution is 1.80. The molecule has 0 spiro atoms. The van der Waals surface area contributed by atoms with Crippen molar-refractivity contribution >= 4 is 30.3 Å². The number of ether oxygens (including phenoxy) is 1. The van der Waals surface area contributed by atoms with Crippen LogP contribution in [-0.4, -0.2) is 42.6 Å². The number of carbonyl (C=O) groups is 3. The van der Waals surface area contributed by atoms with E-state index in [1.54, 1.807) is 0 Å². The summed E-state index contributed by atoms with van der Waals surface area (Å²) in [4.78, 5) is 31.7. The molecular formula is C8H13ClN2O5. The smallest absolute Gasteiger partial charge is 0.330 e. The van der Waals surface area contributed by atoms with Crippen LogP contribution in [0.1, 0.15) is 0 Å². The van der Waals surface area contributed by atoms with Crippen molar-refractivity contribution in [3.8, 4) is 0 Å². The number of amides is 1. The largest absolute Gasteiger partial charge is 0.480 e. The Bertz CT molecular complexity index is 292. The van der Waals surface area contributed by atoms with Gasteiger partial charge in [0.15, 0.2) is 0 Å². The first kappa shape index (κ1) is 16.8. The Labute approximate surface area is 98.0 Å². The summed E-state index contributed by atoms with van der Waals surface area (Å²) in [7, 11) is 1.17. The lowest BCUT2D eigenvalue weighted by Crippen LogP contribution is -2.42. The fraction of sp³-hybridized carbons (Fsp3) is 0.375. The number of carbonyl (C=O) groups excluding carboxylic acids is 2. The van der Waals surface area contributed by atoms with E-state index < -0.39 is 23.9 Å². The molecule has 0 saturated heterocycles. The third-order valence-electron chi connectivity index (χ3n) is 1.39. The Morgan fingerprint density at radius 3 is 2.44 bits per heavy atom. The standard InChI is InChI=1S/C8H12N2O5.ClH/c1-15-7(12)3-2-6(11)10-4-5(9)8(13)14;/h2-3,5H,4,9H2,1H3,(H,10,11)(H,13,14);1H/b3-2+;/t5-;/m0./s1. The minimum absolute atomic E-state index is 0. The number of carboxylic acid groups (broad SMARTS) is 1. The number of esters is 1. The van der Waals surface area contributed by atoms with Gasteiger partial charge in [-0.2, -0.15) is 0 Å². The molecule has 0 radical (unpaired) electrons. The Morgan fingerprint density at radius 1 is 1.44 bits per heavy atom. The summed E-state index contributed by atoms with van der Waals surface area (Å²) in [6, 6.07) is -1.17. The molecular weight excluding hydrogens is 240 g/mol. The van der Waals surface area contributed by atoms with E-state index >= 15 is 0 Å². The van der Waals surface area contributed by atoms with E-state index in [2.05, 4.69) is 10.1 Å². The number of halogens is 1. The van der Waals surface area contributed by atoms with Crippen LogP contribution >= 0.6 is 12.4 Å². The molecule has 0 aromatic heterocycles. The second-order valence-corrected chi connectivity index (χ2v) is 2.55. The molecule has 1 amide bonds. The normalized spacial score (nSPS) is 11.4. The minimum Gasteiger partial charge on any atom is -0.480 e. The van der Waals surface area contributed by atoms with Crippen molar-refractivity contribution in [3.63, 3.8) is 0 Å². The van der Waals surface area contributed by atoms with E-state index in [4.69, 9.17) is 10.8 Å². The van der Waals surface area contributed by atoms with Crippen LogP contribution in [0, 0.1) is 0 Å². The summed E-state index contributed by atoms with van der Waals surface area (Å²) >= 11 is 0. The van der Waals surface area contributed by atoms with Gasteiger partial charge in [0.1, 0.15) is 6.04 Å². The average Bonchev–Trinajstić information content (AvgIpc) is 2.21. The highest BCUT2D eigenvalue weighted by molar-refractivity contribution is 5.94. The lowest BCUT2D eigenvalue weighted by Gasteiger charge is -2.05. The van der Waals surface area contributed by atoms with E-state index in [1.807, 2.05) is 0 Å². The van der Waals surface area contributed by atoms with Crippen LogP contribution in [0.5, 0.6) is 0 Å². The summed E-state index contributed by atoms with van der Waals surface area (Å²) in [5.41, 5.74) is 5.12. The van der Waals surface area contributed by atoms with E-state index in [0.717, 1.165) is 12.2 Å². The van der Waals surface area contributed by atoms with Crippen LogP contribution in [0.15, 0.2) is 12.2 Å². The van der Waals surface area contributed by atoms with Gasteiger partial charge >= 0.3 is 11.9 Å². The SMILES string of the molecule is COC(=O)/C=C/C(=O)NC[C@H](N)C(=O)O.Cl. The highest BCUT2D eigenvalue weighted by Gasteiger charge is 2.11. The zero-order chi connectivity index (χ0) is 11.8. The van der Waals surface area contributed by atoms with Gasteiger partial charge in [0.25, 0.3) is 0 Å². The quantitative estimate of drug-likeness (QED) is 0.412. The molecule has 0 aromatic rings. The molecule has 0 saturated carbocycles. The van der Waals surface area contributed by atoms with E-state index in [-0.39, 0.29) is 19.0 Å². The van der Waals surface area contributed by atoms with Gasteiger partial charge < -0.3 is 20.9 Å². The number of carboxylic acids is 1. The molecule has 0 aliphatic carbocycles. The summed E-state index contributed by atoms with van der Waals surface area (Å²) in [5, 5.41) is 10.6. The van der Waals surface area contributed by atoms with Gasteiger partial charge in [0.05, 0.1) is 7.11 Å². The molecule has 0 rings (SSSR count). The molecule has 16 heavy (non-hydrogen) atoms. The Kier molecular flexibility index (Phi) is 9.13. The number of rotatable bonds is 5. The second-order valence-electron chi connectivity index (χ2n) is 2.55. The summed E-state index contributed by atoms with van der Waals surface area (Å²) < 4.78 is 4.24. The van der Waals surface area contributed by atoms with Gasteiger partial charge in [-0.15, -0.1) is 12.4 Å². The number of methoxy groups -OCH3 is 1. The fourth-order valence-electron chi connectivity index (χ4n) is 0.569. The molecule has 8 heteroatoms. The molecule has 0 bridgehead atoms. The Hall–Kier alpha value is -1.60. The van der Waals surface area contributed by atoms with E-state index in [0.29, 0.717) is 0 Å². The zero-order valence-electron chi connectivity index (χ0n) is 8.50. The lowest BCUT2D eigenvalue weighted by molar-refractivity contribution is -0.138. The molecule has 7 nitrogen and oxygen atoms in total. The van der Waals surface area contributed by atoms with Crippen LogP contribution in [0.2, 0.25) is 0 Å². The third kappa shape index (κ3) is 7.77. The van der Waals surface area contributed by atoms with Crippen LogP contribution in [0.25, 0.3) is 0 Å². The maximum absolute atomic E-state index is 10.9. The first-order chi connectivity index (χ1) is 6.97. The summed E-state index contributed by atoms with van der Waals surface area (Å²) in [6.45, 7) is -0.209. The van der Waals surface area contributed by atoms with Crippen molar-refractivity contribution in [3.05, 3.63) is 12.2 Å². The van der Waals surface area contributed by atoms with Gasteiger partial charge in [-0.1, -0.05) is 0 Å². The van der Waals surface area contributed by atoms with Gasteiger partial charge in [-0.3, -0.25) is 9.59 Å². The molecule has 92 valence electrons. The van der Waals surface area contributed by atoms with Gasteiger partial charge in [0, 0.05) is 18.7 Å². The van der Waals surface area contributed by atoms with Crippen molar-refractivity contribution in [1.29, 1.82) is 0 Å². The van der Waals surface area contributed by atoms with Crippen LogP contribution < -0.4 is 11.1 Å².